The average Bonchev–Trinajstić information content (AvgIpc) is 2.62. The number of aryl methyl sites for hydroxylation is 1. The van der Waals surface area contributed by atoms with E-state index in [0.717, 1.165) is 28.1 Å². The molecule has 0 aromatic heterocycles. The summed E-state index contributed by atoms with van der Waals surface area (Å²) in [6.45, 7) is 6.41. The summed E-state index contributed by atoms with van der Waals surface area (Å²) in [6.07, 6.45) is 0.299. The normalized spacial score (nSPS) is 10.3. The van der Waals surface area contributed by atoms with E-state index in [-0.39, 0.29) is 11.8 Å². The van der Waals surface area contributed by atoms with Crippen LogP contribution in [-0.2, 0) is 16.0 Å². The zero-order valence-electron chi connectivity index (χ0n) is 15.8. The van der Waals surface area contributed by atoms with Gasteiger partial charge >= 0.3 is 0 Å². The molecule has 5 nitrogen and oxygen atoms in total. The van der Waals surface area contributed by atoms with Crippen LogP contribution in [0.2, 0.25) is 0 Å². The van der Waals surface area contributed by atoms with Crippen LogP contribution in [0.4, 0.5) is 5.69 Å². The van der Waals surface area contributed by atoms with E-state index in [9.17, 15) is 9.59 Å². The molecule has 0 aliphatic carbocycles. The van der Waals surface area contributed by atoms with Crippen molar-refractivity contribution in [2.45, 2.75) is 27.2 Å². The van der Waals surface area contributed by atoms with E-state index in [1.807, 2.05) is 56.3 Å². The van der Waals surface area contributed by atoms with Crippen LogP contribution in [0, 0.1) is 13.8 Å². The molecule has 26 heavy (non-hydrogen) atoms. The van der Waals surface area contributed by atoms with Gasteiger partial charge < -0.3 is 15.0 Å². The second-order valence-corrected chi connectivity index (χ2v) is 6.26. The lowest BCUT2D eigenvalue weighted by atomic mass is 10.1. The topological polar surface area (TPSA) is 58.6 Å². The predicted octanol–water partition coefficient (Wildman–Crippen LogP) is 3.02. The second kappa shape index (κ2) is 9.04. The smallest absolute Gasteiger partial charge is 0.224 e. The molecule has 5 heteroatoms. The van der Waals surface area contributed by atoms with Crippen LogP contribution >= 0.6 is 0 Å². The summed E-state index contributed by atoms with van der Waals surface area (Å²) in [5.41, 5.74) is 4.02. The first-order valence-corrected chi connectivity index (χ1v) is 8.66. The Labute approximate surface area is 155 Å². The number of anilines is 1. The summed E-state index contributed by atoms with van der Waals surface area (Å²) in [4.78, 5) is 25.9. The summed E-state index contributed by atoms with van der Waals surface area (Å²) in [7, 11) is 1.61. The molecule has 2 rings (SSSR count). The summed E-state index contributed by atoms with van der Waals surface area (Å²) >= 11 is 0. The van der Waals surface area contributed by atoms with E-state index in [1.165, 1.54) is 0 Å². The van der Waals surface area contributed by atoms with Gasteiger partial charge in [-0.25, -0.2) is 0 Å². The minimum Gasteiger partial charge on any atom is -0.497 e. The van der Waals surface area contributed by atoms with Gasteiger partial charge in [0.25, 0.3) is 0 Å². The van der Waals surface area contributed by atoms with Crippen molar-refractivity contribution in [3.8, 4) is 5.75 Å². The molecule has 0 spiro atoms. The van der Waals surface area contributed by atoms with Crippen LogP contribution in [0.3, 0.4) is 0 Å². The van der Waals surface area contributed by atoms with E-state index in [1.54, 1.807) is 18.9 Å². The maximum Gasteiger partial charge on any atom is 0.224 e. The first-order valence-electron chi connectivity index (χ1n) is 8.66. The lowest BCUT2D eigenvalue weighted by molar-refractivity contribution is -0.121. The molecule has 2 aromatic rings. The summed E-state index contributed by atoms with van der Waals surface area (Å²) in [5, 5.41) is 2.88. The van der Waals surface area contributed by atoms with Gasteiger partial charge in [-0.05, 0) is 48.7 Å². The average molecular weight is 354 g/mol. The van der Waals surface area contributed by atoms with E-state index >= 15 is 0 Å². The molecule has 2 aromatic carbocycles. The van der Waals surface area contributed by atoms with Crippen LogP contribution in [0.25, 0.3) is 0 Å². The van der Waals surface area contributed by atoms with Gasteiger partial charge in [0, 0.05) is 25.7 Å². The molecule has 0 unspecified atom stereocenters. The molecule has 1 N–H and O–H groups in total. The Balaban J connectivity index is 1.92. The van der Waals surface area contributed by atoms with Crippen molar-refractivity contribution in [1.29, 1.82) is 0 Å². The van der Waals surface area contributed by atoms with E-state index in [4.69, 9.17) is 4.74 Å². The van der Waals surface area contributed by atoms with E-state index < -0.39 is 0 Å². The first-order chi connectivity index (χ1) is 12.4. The maximum atomic E-state index is 12.1. The van der Waals surface area contributed by atoms with Gasteiger partial charge in [0.05, 0.1) is 13.5 Å². The van der Waals surface area contributed by atoms with Crippen LogP contribution in [-0.4, -0.2) is 32.0 Å². The molecule has 0 saturated heterocycles. The van der Waals surface area contributed by atoms with Crippen molar-refractivity contribution in [2.24, 2.45) is 0 Å². The molecule has 0 heterocycles. The van der Waals surface area contributed by atoms with Crippen molar-refractivity contribution in [3.63, 3.8) is 0 Å². The molecule has 0 bridgehead atoms. The fourth-order valence-corrected chi connectivity index (χ4v) is 2.77. The third-order valence-corrected chi connectivity index (χ3v) is 4.43. The number of ether oxygens (including phenoxy) is 1. The summed E-state index contributed by atoms with van der Waals surface area (Å²) in [6, 6.07) is 13.3. The van der Waals surface area contributed by atoms with Crippen molar-refractivity contribution in [3.05, 3.63) is 59.2 Å². The van der Waals surface area contributed by atoms with Gasteiger partial charge in [-0.3, -0.25) is 9.59 Å². The number of carbonyl (C=O) groups is 2. The van der Waals surface area contributed by atoms with Crippen LogP contribution in [0.1, 0.15) is 23.6 Å². The van der Waals surface area contributed by atoms with Crippen LogP contribution < -0.4 is 15.0 Å². The highest BCUT2D eigenvalue weighted by Crippen LogP contribution is 2.22. The Kier molecular flexibility index (Phi) is 6.78. The van der Waals surface area contributed by atoms with Crippen molar-refractivity contribution in [2.75, 3.05) is 25.1 Å². The van der Waals surface area contributed by atoms with E-state index in [2.05, 4.69) is 5.32 Å². The third kappa shape index (κ3) is 5.09. The maximum absolute atomic E-state index is 12.1. The number of carbonyl (C=O) groups excluding carboxylic acids is 2. The molecule has 138 valence electrons. The number of methoxy groups -OCH3 is 1. The van der Waals surface area contributed by atoms with Crippen molar-refractivity contribution in [1.82, 2.24) is 5.32 Å². The fraction of sp³-hybridized carbons (Fsp3) is 0.333. The lowest BCUT2D eigenvalue weighted by Crippen LogP contribution is -2.38. The van der Waals surface area contributed by atoms with Crippen molar-refractivity contribution < 1.29 is 14.3 Å². The molecular formula is C21H26N2O3. The largest absolute Gasteiger partial charge is 0.497 e. The minimum absolute atomic E-state index is 0.0388. The highest BCUT2D eigenvalue weighted by molar-refractivity contribution is 5.92. The Morgan fingerprint density at radius 1 is 1.08 bits per heavy atom. The Morgan fingerprint density at radius 2 is 1.77 bits per heavy atom. The molecule has 0 fully saturated rings. The number of nitrogens with zero attached hydrogens (tertiary/aromatic N) is 1. The third-order valence-electron chi connectivity index (χ3n) is 4.43. The molecule has 0 aliphatic heterocycles. The second-order valence-electron chi connectivity index (χ2n) is 6.26. The zero-order valence-corrected chi connectivity index (χ0v) is 15.8. The predicted molar refractivity (Wildman–Crippen MR) is 104 cm³/mol. The number of rotatable bonds is 7. The lowest BCUT2D eigenvalue weighted by Gasteiger charge is -2.24. The molecule has 2 amide bonds. The van der Waals surface area contributed by atoms with Gasteiger partial charge in [0.1, 0.15) is 5.75 Å². The molecule has 0 atom stereocenters. The highest BCUT2D eigenvalue weighted by atomic mass is 16.5. The minimum atomic E-state index is -0.0698. The molecule has 0 radical (unpaired) electrons. The number of benzene rings is 2. The van der Waals surface area contributed by atoms with E-state index in [0.29, 0.717) is 19.5 Å². The van der Waals surface area contributed by atoms with Gasteiger partial charge in [0.15, 0.2) is 0 Å². The van der Waals surface area contributed by atoms with Gasteiger partial charge in [-0.1, -0.05) is 24.3 Å². The Hall–Kier alpha value is -2.82. The molecular weight excluding hydrogens is 328 g/mol. The quantitative estimate of drug-likeness (QED) is 0.831. The zero-order chi connectivity index (χ0) is 19.1. The SMILES string of the molecule is COc1ccc(CC(=O)NCCN(C(C)=O)c2cccc(C)c2C)cc1. The Bertz CT molecular complexity index is 769. The van der Waals surface area contributed by atoms with Crippen LogP contribution in [0.5, 0.6) is 5.75 Å². The molecule has 0 aliphatic rings. The summed E-state index contributed by atoms with van der Waals surface area (Å²) < 4.78 is 5.11. The number of hydrogen-bond acceptors (Lipinski definition) is 3. The molecule has 0 saturated carbocycles. The Morgan fingerprint density at radius 3 is 2.38 bits per heavy atom. The van der Waals surface area contributed by atoms with Gasteiger partial charge in [-0.15, -0.1) is 0 Å². The summed E-state index contributed by atoms with van der Waals surface area (Å²) in [5.74, 6) is 0.655. The fourth-order valence-electron chi connectivity index (χ4n) is 2.77. The van der Waals surface area contributed by atoms with Gasteiger partial charge in [0.2, 0.25) is 11.8 Å². The number of amides is 2. The van der Waals surface area contributed by atoms with Crippen LogP contribution in [0.15, 0.2) is 42.5 Å². The van der Waals surface area contributed by atoms with Crippen molar-refractivity contribution >= 4 is 17.5 Å². The standard InChI is InChI=1S/C21H26N2O3/c1-15-6-5-7-20(16(15)2)23(17(3)24)13-12-22-21(25)14-18-8-10-19(26-4)11-9-18/h5-11H,12-14H2,1-4H3,(H,22,25). The number of hydrogen-bond donors (Lipinski definition) is 1. The monoisotopic (exact) mass is 354 g/mol. The highest BCUT2D eigenvalue weighted by Gasteiger charge is 2.14. The first kappa shape index (κ1) is 19.5. The number of nitrogens with one attached hydrogen (secondary N) is 1. The van der Waals surface area contributed by atoms with Gasteiger partial charge in [-0.2, -0.15) is 0 Å².